The molecule has 0 bridgehead atoms. The summed E-state index contributed by atoms with van der Waals surface area (Å²) in [5.41, 5.74) is 0. The zero-order valence-electron chi connectivity index (χ0n) is 3.57. The molecule has 0 saturated carbocycles. The Hall–Kier alpha value is -0.0800. The van der Waals surface area contributed by atoms with Crippen LogP contribution >= 0.6 is 0 Å². The van der Waals surface area contributed by atoms with E-state index in [0.717, 1.165) is 13.1 Å². The van der Waals surface area contributed by atoms with Gasteiger partial charge in [0.2, 0.25) is 0 Å². The number of hydrogen-bond donors (Lipinski definition) is 2. The van der Waals surface area contributed by atoms with Crippen molar-refractivity contribution in [1.29, 1.82) is 0 Å². The Morgan fingerprint density at radius 1 is 1.00 bits per heavy atom. The largest absolute Gasteiger partial charge is 0.310 e. The first-order valence-corrected chi connectivity index (χ1v) is 2.12. The Kier molecular flexibility index (Phi) is 1.47. The molecule has 2 N–H and O–H groups in total. The van der Waals surface area contributed by atoms with E-state index in [1.807, 2.05) is 13.1 Å². The first-order chi connectivity index (χ1) is 3.00. The molecule has 1 rings (SSSR count). The van der Waals surface area contributed by atoms with Gasteiger partial charge in [-0.15, -0.1) is 0 Å². The summed E-state index contributed by atoms with van der Waals surface area (Å²) in [7, 11) is 0. The monoisotopic (exact) mass is 84.1 g/mol. The van der Waals surface area contributed by atoms with Crippen LogP contribution in [0.5, 0.6) is 0 Å². The van der Waals surface area contributed by atoms with Crippen LogP contribution in [0.3, 0.4) is 0 Å². The van der Waals surface area contributed by atoms with Crippen molar-refractivity contribution in [2.45, 2.75) is 0 Å². The van der Waals surface area contributed by atoms with E-state index in [-0.39, 0.29) is 0 Å². The van der Waals surface area contributed by atoms with Gasteiger partial charge in [0.15, 0.2) is 0 Å². The molecule has 6 heavy (non-hydrogen) atoms. The smallest absolute Gasteiger partial charge is 0.0408 e. The average Bonchev–Trinajstić information content (AvgIpc) is 1.72. The highest BCUT2D eigenvalue weighted by atomic mass is 15.0. The highest BCUT2D eigenvalue weighted by Gasteiger charge is 1.92. The standard InChI is InChI=1S/C4H8N2/c1-2-6-4-3-5-1/h1-2,5-6H,3-4H2. The van der Waals surface area contributed by atoms with Crippen molar-refractivity contribution >= 4 is 0 Å². The molecule has 0 amide bonds. The number of piperazine rings is 1. The normalized spacial score (nSPS) is 24.0. The highest BCUT2D eigenvalue weighted by Crippen LogP contribution is 1.77. The van der Waals surface area contributed by atoms with Gasteiger partial charge in [-0.1, -0.05) is 0 Å². The summed E-state index contributed by atoms with van der Waals surface area (Å²) >= 11 is 0. The lowest BCUT2D eigenvalue weighted by Gasteiger charge is -2.09. The van der Waals surface area contributed by atoms with E-state index in [0.29, 0.717) is 0 Å². The fraction of sp³-hybridized carbons (Fsp3) is 0.500. The molecule has 0 aliphatic carbocycles. The Morgan fingerprint density at radius 3 is 1.67 bits per heavy atom. The Balaban J connectivity index is 2.00. The summed E-state index contributed by atoms with van der Waals surface area (Å²) in [5, 5.41) is 6.08. The molecule has 0 aromatic rings. The van der Waals surface area contributed by atoms with Gasteiger partial charge in [0.05, 0.1) is 0 Å². The summed E-state index contributed by atoms with van der Waals surface area (Å²) in [4.78, 5) is 0. The third kappa shape index (κ3) is 0.954. The van der Waals surface area contributed by atoms with Crippen LogP contribution in [0.15, 0.2) is 0 Å². The van der Waals surface area contributed by atoms with Gasteiger partial charge in [0.25, 0.3) is 0 Å². The fourth-order valence-corrected chi connectivity index (χ4v) is 0.429. The van der Waals surface area contributed by atoms with Crippen LogP contribution in [0.1, 0.15) is 0 Å². The molecule has 34 valence electrons. The third-order valence-corrected chi connectivity index (χ3v) is 0.733. The minimum atomic E-state index is 1.05. The summed E-state index contributed by atoms with van der Waals surface area (Å²) in [6, 6.07) is 0. The zero-order valence-corrected chi connectivity index (χ0v) is 3.57. The van der Waals surface area contributed by atoms with E-state index in [9.17, 15) is 0 Å². The van der Waals surface area contributed by atoms with E-state index in [2.05, 4.69) is 10.6 Å². The molecule has 0 atom stereocenters. The van der Waals surface area contributed by atoms with Gasteiger partial charge in [-0.3, -0.25) is 0 Å². The van der Waals surface area contributed by atoms with Crippen LogP contribution in [-0.2, 0) is 0 Å². The highest BCUT2D eigenvalue weighted by molar-refractivity contribution is 4.83. The van der Waals surface area contributed by atoms with Gasteiger partial charge in [-0.2, -0.15) is 0 Å². The summed E-state index contributed by atoms with van der Waals surface area (Å²) in [6.07, 6.45) is 0. The summed E-state index contributed by atoms with van der Waals surface area (Å²) < 4.78 is 0. The fourth-order valence-electron chi connectivity index (χ4n) is 0.429. The van der Waals surface area contributed by atoms with Crippen molar-refractivity contribution < 1.29 is 0 Å². The molecule has 0 aromatic carbocycles. The molecule has 0 aromatic heterocycles. The van der Waals surface area contributed by atoms with Crippen molar-refractivity contribution in [2.24, 2.45) is 0 Å². The zero-order chi connectivity index (χ0) is 4.24. The second-order valence-electron chi connectivity index (χ2n) is 1.24. The van der Waals surface area contributed by atoms with E-state index < -0.39 is 0 Å². The summed E-state index contributed by atoms with van der Waals surface area (Å²) in [5.74, 6) is 0. The number of hydrogen-bond acceptors (Lipinski definition) is 2. The molecular weight excluding hydrogens is 76.1 g/mol. The maximum absolute atomic E-state index is 3.04. The first-order valence-electron chi connectivity index (χ1n) is 2.12. The van der Waals surface area contributed by atoms with E-state index in [4.69, 9.17) is 0 Å². The Morgan fingerprint density at radius 2 is 1.50 bits per heavy atom. The van der Waals surface area contributed by atoms with Crippen molar-refractivity contribution in [3.63, 3.8) is 0 Å². The van der Waals surface area contributed by atoms with E-state index in [1.165, 1.54) is 0 Å². The maximum Gasteiger partial charge on any atom is 0.0408 e. The van der Waals surface area contributed by atoms with Crippen LogP contribution < -0.4 is 10.6 Å². The lowest BCUT2D eigenvalue weighted by Crippen LogP contribution is -2.32. The Labute approximate surface area is 37.9 Å². The van der Waals surface area contributed by atoms with Crippen LogP contribution in [0.25, 0.3) is 0 Å². The molecular formula is C4H8N2. The van der Waals surface area contributed by atoms with E-state index >= 15 is 0 Å². The van der Waals surface area contributed by atoms with Gasteiger partial charge >= 0.3 is 0 Å². The minimum Gasteiger partial charge on any atom is -0.310 e. The van der Waals surface area contributed by atoms with Crippen LogP contribution in [0.2, 0.25) is 0 Å². The van der Waals surface area contributed by atoms with Crippen LogP contribution in [-0.4, -0.2) is 13.1 Å². The quantitative estimate of drug-likeness (QED) is 0.413. The van der Waals surface area contributed by atoms with Gasteiger partial charge < -0.3 is 10.6 Å². The number of nitrogens with one attached hydrogen (secondary N) is 2. The Bertz CT molecular complexity index is 21.0. The average molecular weight is 84.1 g/mol. The van der Waals surface area contributed by atoms with Gasteiger partial charge in [0, 0.05) is 26.2 Å². The van der Waals surface area contributed by atoms with Gasteiger partial charge in [0.1, 0.15) is 0 Å². The molecule has 0 spiro atoms. The molecule has 0 unspecified atom stereocenters. The predicted octanol–water partition coefficient (Wildman–Crippen LogP) is -0.497. The van der Waals surface area contributed by atoms with Crippen molar-refractivity contribution in [1.82, 2.24) is 10.6 Å². The minimum absolute atomic E-state index is 1.05. The molecule has 1 heterocycles. The molecule has 1 fully saturated rings. The molecule has 2 nitrogen and oxygen atoms in total. The second-order valence-corrected chi connectivity index (χ2v) is 1.24. The SMILES string of the molecule is [CH]1[CH]NCCN1. The summed E-state index contributed by atoms with van der Waals surface area (Å²) in [6.45, 7) is 5.92. The molecule has 1 aliphatic heterocycles. The van der Waals surface area contributed by atoms with Crippen molar-refractivity contribution in [3.8, 4) is 0 Å². The maximum atomic E-state index is 3.04. The third-order valence-electron chi connectivity index (χ3n) is 0.733. The lowest BCUT2D eigenvalue weighted by atomic mass is 10.4. The molecule has 1 aliphatic rings. The van der Waals surface area contributed by atoms with Gasteiger partial charge in [-0.05, 0) is 0 Å². The first kappa shape index (κ1) is 4.09. The molecule has 1 saturated heterocycles. The van der Waals surface area contributed by atoms with Crippen LogP contribution in [0.4, 0.5) is 0 Å². The van der Waals surface area contributed by atoms with Gasteiger partial charge in [-0.25, -0.2) is 0 Å². The van der Waals surface area contributed by atoms with Crippen molar-refractivity contribution in [3.05, 3.63) is 13.1 Å². The predicted molar refractivity (Wildman–Crippen MR) is 24.6 cm³/mol. The van der Waals surface area contributed by atoms with E-state index in [1.54, 1.807) is 0 Å². The number of rotatable bonds is 0. The van der Waals surface area contributed by atoms with Crippen molar-refractivity contribution in [2.75, 3.05) is 13.1 Å². The lowest BCUT2D eigenvalue weighted by molar-refractivity contribution is 0.646. The topological polar surface area (TPSA) is 24.1 Å². The molecule has 2 heteroatoms. The molecule has 2 radical (unpaired) electrons. The van der Waals surface area contributed by atoms with Crippen LogP contribution in [0, 0.1) is 13.1 Å². The second kappa shape index (κ2) is 2.16.